The van der Waals surface area contributed by atoms with Gasteiger partial charge in [0.25, 0.3) is 5.91 Å². The Labute approximate surface area is 136 Å². The highest BCUT2D eigenvalue weighted by atomic mass is 32.1. The SMILES string of the molecule is CC(C)[C@H](Cn1c(=O)oc2ccccc21)NC(=O)c1cscn1. The molecule has 120 valence electrons. The number of carbonyl (C=O) groups excluding carboxylic acids is 1. The Morgan fingerprint density at radius 1 is 1.39 bits per heavy atom. The first-order valence-electron chi connectivity index (χ1n) is 7.33. The Bertz CT molecular complexity index is 864. The number of aromatic nitrogens is 2. The van der Waals surface area contributed by atoms with Crippen LogP contribution in [0, 0.1) is 5.92 Å². The molecule has 0 unspecified atom stereocenters. The predicted octanol–water partition coefficient (Wildman–Crippen LogP) is 2.51. The molecule has 0 saturated heterocycles. The Morgan fingerprint density at radius 2 is 2.17 bits per heavy atom. The molecule has 0 aliphatic rings. The molecule has 2 heterocycles. The van der Waals surface area contributed by atoms with Gasteiger partial charge in [-0.2, -0.15) is 0 Å². The summed E-state index contributed by atoms with van der Waals surface area (Å²) in [6.45, 7) is 4.35. The van der Waals surface area contributed by atoms with Gasteiger partial charge in [-0.1, -0.05) is 26.0 Å². The van der Waals surface area contributed by atoms with E-state index >= 15 is 0 Å². The molecule has 0 fully saturated rings. The van der Waals surface area contributed by atoms with E-state index in [1.54, 1.807) is 21.5 Å². The average Bonchev–Trinajstić information content (AvgIpc) is 3.15. The second kappa shape index (κ2) is 6.37. The lowest BCUT2D eigenvalue weighted by Gasteiger charge is -2.22. The van der Waals surface area contributed by atoms with Crippen LogP contribution in [0.15, 0.2) is 44.4 Å². The first-order chi connectivity index (χ1) is 11.1. The Balaban J connectivity index is 1.86. The number of amides is 1. The van der Waals surface area contributed by atoms with E-state index in [0.29, 0.717) is 17.8 Å². The molecule has 1 aromatic carbocycles. The molecule has 0 saturated carbocycles. The molecule has 0 bridgehead atoms. The number of carbonyl (C=O) groups is 1. The first-order valence-corrected chi connectivity index (χ1v) is 8.28. The summed E-state index contributed by atoms with van der Waals surface area (Å²) in [5.74, 6) is -0.497. The molecule has 1 N–H and O–H groups in total. The third kappa shape index (κ3) is 3.19. The topological polar surface area (TPSA) is 77.1 Å². The van der Waals surface area contributed by atoms with Crippen LogP contribution in [-0.2, 0) is 6.54 Å². The van der Waals surface area contributed by atoms with E-state index in [1.807, 2.05) is 32.0 Å². The van der Waals surface area contributed by atoms with Crippen molar-refractivity contribution < 1.29 is 9.21 Å². The van der Waals surface area contributed by atoms with Gasteiger partial charge >= 0.3 is 5.76 Å². The van der Waals surface area contributed by atoms with Crippen molar-refractivity contribution >= 4 is 28.3 Å². The fraction of sp³-hybridized carbons (Fsp3) is 0.312. The number of para-hydroxylation sites is 2. The number of nitrogens with one attached hydrogen (secondary N) is 1. The Morgan fingerprint density at radius 3 is 2.87 bits per heavy atom. The molecule has 0 aliphatic carbocycles. The second-order valence-electron chi connectivity index (χ2n) is 5.64. The molecule has 1 atom stereocenters. The van der Waals surface area contributed by atoms with E-state index in [4.69, 9.17) is 4.42 Å². The van der Waals surface area contributed by atoms with Gasteiger partial charge < -0.3 is 9.73 Å². The van der Waals surface area contributed by atoms with Crippen LogP contribution >= 0.6 is 11.3 Å². The molecule has 0 aliphatic heterocycles. The van der Waals surface area contributed by atoms with Gasteiger partial charge in [0, 0.05) is 18.0 Å². The smallest absolute Gasteiger partial charge is 0.408 e. The summed E-state index contributed by atoms with van der Waals surface area (Å²) >= 11 is 1.37. The van der Waals surface area contributed by atoms with Gasteiger partial charge in [-0.15, -0.1) is 11.3 Å². The van der Waals surface area contributed by atoms with Gasteiger partial charge in [0.1, 0.15) is 5.69 Å². The number of hydrogen-bond acceptors (Lipinski definition) is 5. The fourth-order valence-electron chi connectivity index (χ4n) is 2.37. The van der Waals surface area contributed by atoms with Crippen molar-refractivity contribution in [2.45, 2.75) is 26.4 Å². The number of oxazole rings is 1. The van der Waals surface area contributed by atoms with Gasteiger partial charge in [0.05, 0.1) is 11.0 Å². The van der Waals surface area contributed by atoms with Crippen molar-refractivity contribution in [1.29, 1.82) is 0 Å². The van der Waals surface area contributed by atoms with Crippen LogP contribution in [0.3, 0.4) is 0 Å². The molecule has 0 radical (unpaired) electrons. The number of benzene rings is 1. The van der Waals surface area contributed by atoms with E-state index in [1.165, 1.54) is 11.3 Å². The lowest BCUT2D eigenvalue weighted by molar-refractivity contribution is 0.0915. The maximum Gasteiger partial charge on any atom is 0.420 e. The van der Waals surface area contributed by atoms with Crippen LogP contribution in [0.5, 0.6) is 0 Å². The standard InChI is InChI=1S/C16H17N3O3S/c1-10(2)11(18-15(20)12-8-23-9-17-12)7-19-13-5-3-4-6-14(13)22-16(19)21/h3-6,8-11H,7H2,1-2H3,(H,18,20)/t11-/m0/s1. The summed E-state index contributed by atoms with van der Waals surface area (Å²) in [5.41, 5.74) is 3.29. The maximum atomic E-state index is 12.2. The third-order valence-electron chi connectivity index (χ3n) is 3.74. The molecule has 0 spiro atoms. The molecular formula is C16H17N3O3S. The third-order valence-corrected chi connectivity index (χ3v) is 4.33. The van der Waals surface area contributed by atoms with Gasteiger partial charge in [0.15, 0.2) is 5.58 Å². The number of fused-ring (bicyclic) bond motifs is 1. The van der Waals surface area contributed by atoms with Crippen molar-refractivity contribution in [2.24, 2.45) is 5.92 Å². The van der Waals surface area contributed by atoms with E-state index < -0.39 is 5.76 Å². The van der Waals surface area contributed by atoms with E-state index in [9.17, 15) is 9.59 Å². The van der Waals surface area contributed by atoms with Gasteiger partial charge in [-0.3, -0.25) is 9.36 Å². The lowest BCUT2D eigenvalue weighted by atomic mass is 10.0. The maximum absolute atomic E-state index is 12.2. The minimum absolute atomic E-state index is 0.151. The van der Waals surface area contributed by atoms with Crippen LogP contribution in [0.2, 0.25) is 0 Å². The second-order valence-corrected chi connectivity index (χ2v) is 6.36. The van der Waals surface area contributed by atoms with Crippen LogP contribution in [0.4, 0.5) is 0 Å². The summed E-state index contributed by atoms with van der Waals surface area (Å²) < 4.78 is 6.80. The van der Waals surface area contributed by atoms with Gasteiger partial charge in [-0.05, 0) is 18.1 Å². The summed E-state index contributed by atoms with van der Waals surface area (Å²) in [5, 5.41) is 4.65. The quantitative estimate of drug-likeness (QED) is 0.779. The fourth-order valence-corrected chi connectivity index (χ4v) is 2.91. The molecule has 23 heavy (non-hydrogen) atoms. The van der Waals surface area contributed by atoms with Crippen LogP contribution in [0.25, 0.3) is 11.1 Å². The summed E-state index contributed by atoms with van der Waals surface area (Å²) in [4.78, 5) is 28.3. The summed E-state index contributed by atoms with van der Waals surface area (Å²) in [6.07, 6.45) is 0. The Hall–Kier alpha value is -2.41. The normalized spacial score (nSPS) is 12.7. The number of rotatable bonds is 5. The van der Waals surface area contributed by atoms with E-state index in [0.717, 1.165) is 5.52 Å². The lowest BCUT2D eigenvalue weighted by Crippen LogP contribution is -2.43. The molecule has 6 nitrogen and oxygen atoms in total. The Kier molecular flexibility index (Phi) is 4.29. The highest BCUT2D eigenvalue weighted by Crippen LogP contribution is 2.14. The molecule has 2 aromatic heterocycles. The highest BCUT2D eigenvalue weighted by molar-refractivity contribution is 7.07. The molecule has 3 aromatic rings. The van der Waals surface area contributed by atoms with Crippen LogP contribution < -0.4 is 11.1 Å². The van der Waals surface area contributed by atoms with Crippen LogP contribution in [0.1, 0.15) is 24.3 Å². The molecule has 7 heteroatoms. The molecular weight excluding hydrogens is 314 g/mol. The van der Waals surface area contributed by atoms with Crippen molar-refractivity contribution in [3.05, 3.63) is 51.4 Å². The monoisotopic (exact) mass is 331 g/mol. The zero-order valence-corrected chi connectivity index (χ0v) is 13.7. The van der Waals surface area contributed by atoms with Gasteiger partial charge in [0.2, 0.25) is 0 Å². The zero-order valence-electron chi connectivity index (χ0n) is 12.9. The van der Waals surface area contributed by atoms with Crippen molar-refractivity contribution in [1.82, 2.24) is 14.9 Å². The molecule has 1 amide bonds. The zero-order chi connectivity index (χ0) is 16.4. The summed E-state index contributed by atoms with van der Waals surface area (Å²) in [7, 11) is 0. The highest BCUT2D eigenvalue weighted by Gasteiger charge is 2.21. The largest absolute Gasteiger partial charge is 0.420 e. The predicted molar refractivity (Wildman–Crippen MR) is 88.7 cm³/mol. The van der Waals surface area contributed by atoms with Gasteiger partial charge in [-0.25, -0.2) is 9.78 Å². The van der Waals surface area contributed by atoms with Crippen molar-refractivity contribution in [3.8, 4) is 0 Å². The first kappa shape index (κ1) is 15.5. The number of hydrogen-bond donors (Lipinski definition) is 1. The average molecular weight is 331 g/mol. The van der Waals surface area contributed by atoms with E-state index in [-0.39, 0.29) is 17.9 Å². The number of thiazole rings is 1. The van der Waals surface area contributed by atoms with Crippen molar-refractivity contribution in [2.75, 3.05) is 0 Å². The molecule has 3 rings (SSSR count). The van der Waals surface area contributed by atoms with E-state index in [2.05, 4.69) is 10.3 Å². The van der Waals surface area contributed by atoms with Crippen molar-refractivity contribution in [3.63, 3.8) is 0 Å². The van der Waals surface area contributed by atoms with Crippen LogP contribution in [-0.4, -0.2) is 21.5 Å². The minimum atomic E-state index is -0.417. The minimum Gasteiger partial charge on any atom is -0.408 e. The summed E-state index contributed by atoms with van der Waals surface area (Å²) in [6, 6.07) is 7.06. The number of nitrogens with zero attached hydrogens (tertiary/aromatic N) is 2.